The molecule has 2 rings (SSSR count). The largest absolute Gasteiger partial charge is 0.220 e. The van der Waals surface area contributed by atoms with Gasteiger partial charge in [0, 0.05) is 12.3 Å². The van der Waals surface area contributed by atoms with Crippen molar-refractivity contribution in [2.24, 2.45) is 0 Å². The van der Waals surface area contributed by atoms with Crippen LogP contribution in [0.3, 0.4) is 0 Å². The van der Waals surface area contributed by atoms with E-state index >= 15 is 0 Å². The Morgan fingerprint density at radius 1 is 1.44 bits per heavy atom. The van der Waals surface area contributed by atoms with Crippen molar-refractivity contribution in [1.82, 2.24) is 15.0 Å². The van der Waals surface area contributed by atoms with Crippen LogP contribution in [0.5, 0.6) is 0 Å². The molecular weight excluding hydrogens is 229 g/mol. The lowest BCUT2D eigenvalue weighted by Gasteiger charge is -2.01. The normalized spacial score (nSPS) is 10.7. The van der Waals surface area contributed by atoms with Crippen molar-refractivity contribution in [3.63, 3.8) is 0 Å². The SMILES string of the molecule is Cc1ccc(-n2cc(CCCl)nn2)cc1F. The van der Waals surface area contributed by atoms with E-state index in [0.717, 1.165) is 5.69 Å². The fourth-order valence-corrected chi connectivity index (χ4v) is 1.55. The second-order valence-electron chi connectivity index (χ2n) is 3.53. The van der Waals surface area contributed by atoms with E-state index in [0.29, 0.717) is 23.6 Å². The minimum atomic E-state index is -0.244. The Hall–Kier alpha value is -1.42. The summed E-state index contributed by atoms with van der Waals surface area (Å²) in [4.78, 5) is 0. The molecule has 2 aromatic rings. The molecule has 1 heterocycles. The van der Waals surface area contributed by atoms with E-state index in [-0.39, 0.29) is 5.82 Å². The van der Waals surface area contributed by atoms with Gasteiger partial charge in [0.2, 0.25) is 0 Å². The van der Waals surface area contributed by atoms with Crippen molar-refractivity contribution in [2.45, 2.75) is 13.3 Å². The van der Waals surface area contributed by atoms with Crippen LogP contribution in [0, 0.1) is 12.7 Å². The summed E-state index contributed by atoms with van der Waals surface area (Å²) >= 11 is 5.60. The molecule has 0 atom stereocenters. The quantitative estimate of drug-likeness (QED) is 0.771. The number of halogens is 2. The van der Waals surface area contributed by atoms with Crippen LogP contribution in [0.15, 0.2) is 24.4 Å². The van der Waals surface area contributed by atoms with Gasteiger partial charge in [0.05, 0.1) is 17.6 Å². The van der Waals surface area contributed by atoms with Crippen molar-refractivity contribution in [2.75, 3.05) is 5.88 Å². The van der Waals surface area contributed by atoms with Crippen molar-refractivity contribution < 1.29 is 4.39 Å². The summed E-state index contributed by atoms with van der Waals surface area (Å²) in [6, 6.07) is 4.96. The number of nitrogens with zero attached hydrogens (tertiary/aromatic N) is 3. The predicted molar refractivity (Wildman–Crippen MR) is 60.5 cm³/mol. The maximum absolute atomic E-state index is 13.3. The number of rotatable bonds is 3. The predicted octanol–water partition coefficient (Wildman–Crippen LogP) is 2.50. The highest BCUT2D eigenvalue weighted by molar-refractivity contribution is 6.17. The third kappa shape index (κ3) is 2.22. The van der Waals surface area contributed by atoms with Crippen LogP contribution in [0.2, 0.25) is 0 Å². The van der Waals surface area contributed by atoms with E-state index in [4.69, 9.17) is 11.6 Å². The van der Waals surface area contributed by atoms with Crippen molar-refractivity contribution in [1.29, 1.82) is 0 Å². The highest BCUT2D eigenvalue weighted by atomic mass is 35.5. The number of aromatic nitrogens is 3. The number of benzene rings is 1. The Bertz CT molecular complexity index is 496. The number of alkyl halides is 1. The van der Waals surface area contributed by atoms with Gasteiger partial charge in [-0.3, -0.25) is 0 Å². The number of hydrogen-bond donors (Lipinski definition) is 0. The average molecular weight is 240 g/mol. The second kappa shape index (κ2) is 4.61. The van der Waals surface area contributed by atoms with Gasteiger partial charge in [0.1, 0.15) is 5.82 Å². The third-order valence-corrected chi connectivity index (χ3v) is 2.50. The van der Waals surface area contributed by atoms with Crippen LogP contribution in [0.25, 0.3) is 5.69 Å². The first-order valence-electron chi connectivity index (χ1n) is 4.94. The van der Waals surface area contributed by atoms with E-state index in [2.05, 4.69) is 10.3 Å². The Kier molecular flexibility index (Phi) is 3.19. The molecule has 0 aliphatic rings. The highest BCUT2D eigenvalue weighted by Gasteiger charge is 2.04. The van der Waals surface area contributed by atoms with E-state index in [9.17, 15) is 4.39 Å². The lowest BCUT2D eigenvalue weighted by molar-refractivity contribution is 0.615. The Morgan fingerprint density at radius 2 is 2.25 bits per heavy atom. The average Bonchev–Trinajstić information content (AvgIpc) is 2.71. The fourth-order valence-electron chi connectivity index (χ4n) is 1.36. The molecule has 0 aliphatic carbocycles. The summed E-state index contributed by atoms with van der Waals surface area (Å²) < 4.78 is 14.9. The van der Waals surface area contributed by atoms with Gasteiger partial charge in [-0.25, -0.2) is 9.07 Å². The minimum absolute atomic E-state index is 0.244. The van der Waals surface area contributed by atoms with Crippen molar-refractivity contribution in [3.05, 3.63) is 41.5 Å². The second-order valence-corrected chi connectivity index (χ2v) is 3.90. The minimum Gasteiger partial charge on any atom is -0.220 e. The van der Waals surface area contributed by atoms with Gasteiger partial charge in [-0.2, -0.15) is 0 Å². The monoisotopic (exact) mass is 239 g/mol. The van der Waals surface area contributed by atoms with Crippen molar-refractivity contribution >= 4 is 11.6 Å². The number of aryl methyl sites for hydroxylation is 2. The first-order valence-corrected chi connectivity index (χ1v) is 5.48. The molecule has 16 heavy (non-hydrogen) atoms. The highest BCUT2D eigenvalue weighted by Crippen LogP contribution is 2.12. The Balaban J connectivity index is 2.31. The number of hydrogen-bond acceptors (Lipinski definition) is 2. The molecule has 0 aliphatic heterocycles. The van der Waals surface area contributed by atoms with Crippen LogP contribution in [0.4, 0.5) is 4.39 Å². The first-order chi connectivity index (χ1) is 7.70. The summed E-state index contributed by atoms with van der Waals surface area (Å²) in [7, 11) is 0. The summed E-state index contributed by atoms with van der Waals surface area (Å²) in [5, 5.41) is 7.86. The molecule has 0 saturated heterocycles. The summed E-state index contributed by atoms with van der Waals surface area (Å²) in [5.74, 6) is 0.257. The van der Waals surface area contributed by atoms with Gasteiger partial charge in [-0.1, -0.05) is 11.3 Å². The van der Waals surface area contributed by atoms with Gasteiger partial charge < -0.3 is 0 Å². The molecule has 1 aromatic carbocycles. The van der Waals surface area contributed by atoms with Crippen molar-refractivity contribution in [3.8, 4) is 5.69 Å². The molecule has 3 nitrogen and oxygen atoms in total. The van der Waals surface area contributed by atoms with E-state index < -0.39 is 0 Å². The lowest BCUT2D eigenvalue weighted by Crippen LogP contribution is -1.96. The van der Waals surface area contributed by atoms with E-state index in [1.54, 1.807) is 29.9 Å². The third-order valence-electron chi connectivity index (χ3n) is 2.31. The maximum atomic E-state index is 13.3. The summed E-state index contributed by atoms with van der Waals surface area (Å²) in [6.07, 6.45) is 2.42. The smallest absolute Gasteiger partial charge is 0.128 e. The molecule has 0 radical (unpaired) electrons. The standard InChI is InChI=1S/C11H11ClFN3/c1-8-2-3-10(6-11(8)13)16-7-9(4-5-12)14-15-16/h2-3,6-7H,4-5H2,1H3. The van der Waals surface area contributed by atoms with Gasteiger partial charge in [-0.05, 0) is 24.6 Å². The molecule has 84 valence electrons. The zero-order chi connectivity index (χ0) is 11.5. The lowest BCUT2D eigenvalue weighted by atomic mass is 10.2. The maximum Gasteiger partial charge on any atom is 0.128 e. The van der Waals surface area contributed by atoms with E-state index in [1.807, 2.05) is 0 Å². The molecule has 0 saturated carbocycles. The first kappa shape index (κ1) is 11.1. The summed E-state index contributed by atoms with van der Waals surface area (Å²) in [5.41, 5.74) is 2.08. The van der Waals surface area contributed by atoms with Gasteiger partial charge in [0.15, 0.2) is 0 Å². The zero-order valence-electron chi connectivity index (χ0n) is 8.82. The van der Waals surface area contributed by atoms with Gasteiger partial charge in [-0.15, -0.1) is 16.7 Å². The van der Waals surface area contributed by atoms with Gasteiger partial charge in [0.25, 0.3) is 0 Å². The fraction of sp³-hybridized carbons (Fsp3) is 0.273. The Morgan fingerprint density at radius 3 is 2.94 bits per heavy atom. The molecule has 0 bridgehead atoms. The van der Waals surface area contributed by atoms with Crippen LogP contribution in [0.1, 0.15) is 11.3 Å². The molecule has 0 unspecified atom stereocenters. The van der Waals surface area contributed by atoms with Crippen LogP contribution < -0.4 is 0 Å². The molecule has 0 amide bonds. The molecule has 5 heteroatoms. The molecule has 0 fully saturated rings. The molecule has 0 N–H and O–H groups in total. The topological polar surface area (TPSA) is 30.7 Å². The van der Waals surface area contributed by atoms with Gasteiger partial charge >= 0.3 is 0 Å². The van der Waals surface area contributed by atoms with Crippen LogP contribution >= 0.6 is 11.6 Å². The molecular formula is C11H11ClFN3. The van der Waals surface area contributed by atoms with E-state index in [1.165, 1.54) is 6.07 Å². The Labute approximate surface area is 97.8 Å². The van der Waals surface area contributed by atoms with Crippen LogP contribution in [-0.4, -0.2) is 20.9 Å². The zero-order valence-corrected chi connectivity index (χ0v) is 9.58. The molecule has 0 spiro atoms. The van der Waals surface area contributed by atoms with Crippen LogP contribution in [-0.2, 0) is 6.42 Å². The molecule has 1 aromatic heterocycles. The summed E-state index contributed by atoms with van der Waals surface area (Å²) in [6.45, 7) is 1.72.